The standard InChI is InChI=1S/C13H22O/c1-10-9-11-5-3-4-6-12(11)13(10,2)7-8-14/h8,10-12H,3-7,9H2,1-2H3. The van der Waals surface area contributed by atoms with Gasteiger partial charge < -0.3 is 4.79 Å². The largest absolute Gasteiger partial charge is 0.303 e. The van der Waals surface area contributed by atoms with Crippen molar-refractivity contribution in [3.05, 3.63) is 0 Å². The summed E-state index contributed by atoms with van der Waals surface area (Å²) >= 11 is 0. The molecule has 2 rings (SSSR count). The average molecular weight is 194 g/mol. The molecule has 0 amide bonds. The lowest BCUT2D eigenvalue weighted by atomic mass is 9.67. The van der Waals surface area contributed by atoms with Gasteiger partial charge in [-0.25, -0.2) is 0 Å². The second-order valence-corrected chi connectivity index (χ2v) is 5.66. The van der Waals surface area contributed by atoms with E-state index in [1.807, 2.05) is 0 Å². The molecule has 80 valence electrons. The summed E-state index contributed by atoms with van der Waals surface area (Å²) in [6.07, 6.45) is 8.91. The van der Waals surface area contributed by atoms with E-state index in [0.29, 0.717) is 5.41 Å². The normalized spacial score (nSPS) is 47.4. The molecule has 4 atom stereocenters. The van der Waals surface area contributed by atoms with Gasteiger partial charge in [0.15, 0.2) is 0 Å². The van der Waals surface area contributed by atoms with Crippen molar-refractivity contribution >= 4 is 6.29 Å². The predicted octanol–water partition coefficient (Wildman–Crippen LogP) is 3.43. The summed E-state index contributed by atoms with van der Waals surface area (Å²) in [6, 6.07) is 0. The Kier molecular flexibility index (Phi) is 2.68. The van der Waals surface area contributed by atoms with Crippen LogP contribution >= 0.6 is 0 Å². The van der Waals surface area contributed by atoms with Gasteiger partial charge in [0.1, 0.15) is 6.29 Å². The molecule has 0 aromatic carbocycles. The van der Waals surface area contributed by atoms with Crippen LogP contribution in [-0.2, 0) is 4.79 Å². The van der Waals surface area contributed by atoms with E-state index in [1.54, 1.807) is 0 Å². The summed E-state index contributed by atoms with van der Waals surface area (Å²) in [5.41, 5.74) is 0.326. The third kappa shape index (κ3) is 1.41. The molecule has 0 radical (unpaired) electrons. The number of carbonyl (C=O) groups is 1. The van der Waals surface area contributed by atoms with E-state index in [-0.39, 0.29) is 0 Å². The smallest absolute Gasteiger partial charge is 0.120 e. The van der Waals surface area contributed by atoms with Crippen molar-refractivity contribution in [2.45, 2.75) is 52.4 Å². The van der Waals surface area contributed by atoms with Crippen molar-refractivity contribution in [2.24, 2.45) is 23.2 Å². The highest BCUT2D eigenvalue weighted by molar-refractivity contribution is 5.51. The molecule has 1 nitrogen and oxygen atoms in total. The van der Waals surface area contributed by atoms with Gasteiger partial charge in [0.05, 0.1) is 0 Å². The van der Waals surface area contributed by atoms with Gasteiger partial charge in [-0.15, -0.1) is 0 Å². The van der Waals surface area contributed by atoms with Crippen LogP contribution in [0.15, 0.2) is 0 Å². The van der Waals surface area contributed by atoms with Gasteiger partial charge in [0.2, 0.25) is 0 Å². The number of hydrogen-bond acceptors (Lipinski definition) is 1. The SMILES string of the molecule is CC1CC2CCCCC2C1(C)CC=O. The molecule has 2 fully saturated rings. The monoisotopic (exact) mass is 194 g/mol. The maximum atomic E-state index is 10.8. The lowest BCUT2D eigenvalue weighted by Gasteiger charge is -2.37. The van der Waals surface area contributed by atoms with Crippen LogP contribution in [0.5, 0.6) is 0 Å². The zero-order chi connectivity index (χ0) is 10.2. The third-order valence-electron chi connectivity index (χ3n) is 5.06. The summed E-state index contributed by atoms with van der Waals surface area (Å²) in [6.45, 7) is 4.70. The molecule has 14 heavy (non-hydrogen) atoms. The zero-order valence-electron chi connectivity index (χ0n) is 9.46. The second-order valence-electron chi connectivity index (χ2n) is 5.66. The minimum Gasteiger partial charge on any atom is -0.303 e. The summed E-state index contributed by atoms with van der Waals surface area (Å²) in [4.78, 5) is 10.8. The van der Waals surface area contributed by atoms with E-state index in [0.717, 1.165) is 30.5 Å². The maximum Gasteiger partial charge on any atom is 0.120 e. The van der Waals surface area contributed by atoms with Crippen LogP contribution in [0.25, 0.3) is 0 Å². The van der Waals surface area contributed by atoms with E-state index in [2.05, 4.69) is 13.8 Å². The van der Waals surface area contributed by atoms with Crippen LogP contribution < -0.4 is 0 Å². The molecule has 0 aromatic rings. The van der Waals surface area contributed by atoms with Crippen LogP contribution in [0.3, 0.4) is 0 Å². The highest BCUT2D eigenvalue weighted by Gasteiger charge is 2.49. The molecular formula is C13H22O. The van der Waals surface area contributed by atoms with Crippen molar-refractivity contribution in [2.75, 3.05) is 0 Å². The first-order chi connectivity index (χ1) is 6.68. The van der Waals surface area contributed by atoms with Crippen molar-refractivity contribution in [3.63, 3.8) is 0 Å². The summed E-state index contributed by atoms with van der Waals surface area (Å²) in [7, 11) is 0. The summed E-state index contributed by atoms with van der Waals surface area (Å²) < 4.78 is 0. The Hall–Kier alpha value is -0.330. The molecule has 0 aliphatic heterocycles. The molecule has 0 N–H and O–H groups in total. The average Bonchev–Trinajstić information content (AvgIpc) is 2.41. The number of fused-ring (bicyclic) bond motifs is 1. The van der Waals surface area contributed by atoms with Crippen molar-refractivity contribution in [1.29, 1.82) is 0 Å². The van der Waals surface area contributed by atoms with E-state index >= 15 is 0 Å². The fourth-order valence-electron chi connectivity index (χ4n) is 3.98. The first-order valence-corrected chi connectivity index (χ1v) is 6.12. The molecule has 0 saturated heterocycles. The number of hydrogen-bond donors (Lipinski definition) is 0. The van der Waals surface area contributed by atoms with Crippen LogP contribution in [0, 0.1) is 23.2 Å². The van der Waals surface area contributed by atoms with Gasteiger partial charge in [0, 0.05) is 6.42 Å². The Bertz CT molecular complexity index is 223. The Morgan fingerprint density at radius 2 is 2.07 bits per heavy atom. The highest BCUT2D eigenvalue weighted by atomic mass is 16.1. The fraction of sp³-hybridized carbons (Fsp3) is 0.923. The van der Waals surface area contributed by atoms with Gasteiger partial charge in [-0.05, 0) is 36.0 Å². The molecule has 2 aliphatic carbocycles. The van der Waals surface area contributed by atoms with Crippen molar-refractivity contribution in [3.8, 4) is 0 Å². The van der Waals surface area contributed by atoms with Gasteiger partial charge >= 0.3 is 0 Å². The molecule has 2 saturated carbocycles. The first-order valence-electron chi connectivity index (χ1n) is 6.12. The van der Waals surface area contributed by atoms with Crippen LogP contribution in [-0.4, -0.2) is 6.29 Å². The molecule has 0 aromatic heterocycles. The van der Waals surface area contributed by atoms with Crippen LogP contribution in [0.2, 0.25) is 0 Å². The van der Waals surface area contributed by atoms with E-state index in [9.17, 15) is 4.79 Å². The quantitative estimate of drug-likeness (QED) is 0.615. The molecule has 4 unspecified atom stereocenters. The third-order valence-corrected chi connectivity index (χ3v) is 5.06. The van der Waals surface area contributed by atoms with E-state index in [1.165, 1.54) is 32.1 Å². The fourth-order valence-corrected chi connectivity index (χ4v) is 3.98. The Balaban J connectivity index is 2.18. The van der Waals surface area contributed by atoms with E-state index in [4.69, 9.17) is 0 Å². The molecule has 1 heteroatoms. The van der Waals surface area contributed by atoms with Crippen molar-refractivity contribution in [1.82, 2.24) is 0 Å². The predicted molar refractivity (Wildman–Crippen MR) is 58.0 cm³/mol. The van der Waals surface area contributed by atoms with Gasteiger partial charge in [0.25, 0.3) is 0 Å². The highest BCUT2D eigenvalue weighted by Crippen LogP contribution is 2.57. The van der Waals surface area contributed by atoms with Gasteiger partial charge in [-0.3, -0.25) is 0 Å². The van der Waals surface area contributed by atoms with Crippen molar-refractivity contribution < 1.29 is 4.79 Å². The minimum absolute atomic E-state index is 0.326. The number of aldehydes is 1. The maximum absolute atomic E-state index is 10.8. The Morgan fingerprint density at radius 1 is 1.36 bits per heavy atom. The summed E-state index contributed by atoms with van der Waals surface area (Å²) in [5.74, 6) is 2.53. The molecular weight excluding hydrogens is 172 g/mol. The summed E-state index contributed by atoms with van der Waals surface area (Å²) in [5, 5.41) is 0. The number of carbonyl (C=O) groups excluding carboxylic acids is 1. The first kappa shape index (κ1) is 10.2. The molecule has 2 aliphatic rings. The lowest BCUT2D eigenvalue weighted by molar-refractivity contribution is -0.111. The molecule has 0 bridgehead atoms. The van der Waals surface area contributed by atoms with Crippen LogP contribution in [0.4, 0.5) is 0 Å². The topological polar surface area (TPSA) is 17.1 Å². The van der Waals surface area contributed by atoms with E-state index < -0.39 is 0 Å². The Labute approximate surface area is 87.3 Å². The van der Waals surface area contributed by atoms with Gasteiger partial charge in [-0.2, -0.15) is 0 Å². The van der Waals surface area contributed by atoms with Gasteiger partial charge in [-0.1, -0.05) is 33.1 Å². The van der Waals surface area contributed by atoms with Crippen LogP contribution in [0.1, 0.15) is 52.4 Å². The lowest BCUT2D eigenvalue weighted by Crippen LogP contribution is -2.31. The second kappa shape index (κ2) is 3.67. The Morgan fingerprint density at radius 3 is 2.79 bits per heavy atom. The molecule has 0 heterocycles. The molecule has 0 spiro atoms. The number of rotatable bonds is 2. The minimum atomic E-state index is 0.326. The zero-order valence-corrected chi connectivity index (χ0v) is 9.46.